The molecule has 0 atom stereocenters. The van der Waals surface area contributed by atoms with Crippen molar-refractivity contribution in [3.05, 3.63) is 75.4 Å². The Labute approximate surface area is 169 Å². The van der Waals surface area contributed by atoms with Gasteiger partial charge in [-0.15, -0.1) is 0 Å². The average molecular weight is 394 g/mol. The number of anilines is 1. The second kappa shape index (κ2) is 9.23. The molecule has 7 heteroatoms. The molecular formula is C22H26N4O3. The standard InChI is InChI=1S/C22H26N4O3/c1-3-25-21(28)18-12-7-8-13-19(18)26(22(25)29)16-20(27)23-14-9-15-24(2)17-10-5-4-6-11-17/h4-8,10-13H,3,9,14-16H2,1-2H3,(H,23,27). The van der Waals surface area contributed by atoms with Crippen LogP contribution in [-0.2, 0) is 17.9 Å². The van der Waals surface area contributed by atoms with E-state index in [1.807, 2.05) is 37.4 Å². The van der Waals surface area contributed by atoms with E-state index in [1.165, 1.54) is 4.57 Å². The first-order valence-corrected chi connectivity index (χ1v) is 9.78. The number of benzene rings is 2. The number of hydrogen-bond acceptors (Lipinski definition) is 4. The third kappa shape index (κ3) is 4.56. The number of aromatic nitrogens is 2. The predicted molar refractivity (Wildman–Crippen MR) is 115 cm³/mol. The number of nitrogens with zero attached hydrogens (tertiary/aromatic N) is 3. The van der Waals surface area contributed by atoms with E-state index < -0.39 is 5.69 Å². The van der Waals surface area contributed by atoms with Crippen LogP contribution in [0.3, 0.4) is 0 Å². The summed E-state index contributed by atoms with van der Waals surface area (Å²) < 4.78 is 2.52. The fourth-order valence-corrected chi connectivity index (χ4v) is 3.36. The minimum absolute atomic E-state index is 0.117. The van der Waals surface area contributed by atoms with Crippen LogP contribution in [0.2, 0.25) is 0 Å². The third-order valence-corrected chi connectivity index (χ3v) is 4.94. The van der Waals surface area contributed by atoms with E-state index in [4.69, 9.17) is 0 Å². The van der Waals surface area contributed by atoms with Gasteiger partial charge in [0.25, 0.3) is 5.56 Å². The maximum Gasteiger partial charge on any atom is 0.331 e. The Morgan fingerprint density at radius 1 is 1.00 bits per heavy atom. The molecule has 1 aromatic heterocycles. The molecule has 0 saturated carbocycles. The Balaban J connectivity index is 1.65. The van der Waals surface area contributed by atoms with E-state index in [0.29, 0.717) is 17.4 Å². The molecule has 7 nitrogen and oxygen atoms in total. The molecule has 1 N–H and O–H groups in total. The largest absolute Gasteiger partial charge is 0.375 e. The zero-order chi connectivity index (χ0) is 20.8. The molecule has 0 bridgehead atoms. The molecule has 152 valence electrons. The van der Waals surface area contributed by atoms with Gasteiger partial charge >= 0.3 is 5.69 Å². The lowest BCUT2D eigenvalue weighted by Crippen LogP contribution is -2.42. The van der Waals surface area contributed by atoms with Gasteiger partial charge in [0, 0.05) is 32.4 Å². The zero-order valence-electron chi connectivity index (χ0n) is 16.8. The Kier molecular flexibility index (Phi) is 6.49. The first kappa shape index (κ1) is 20.4. The van der Waals surface area contributed by atoms with Crippen LogP contribution < -0.4 is 21.5 Å². The summed E-state index contributed by atoms with van der Waals surface area (Å²) in [5.41, 5.74) is 0.814. The smallest absolute Gasteiger partial charge is 0.331 e. The topological polar surface area (TPSA) is 76.3 Å². The van der Waals surface area contributed by atoms with Crippen LogP contribution in [0.5, 0.6) is 0 Å². The molecular weight excluding hydrogens is 368 g/mol. The number of rotatable bonds is 8. The average Bonchev–Trinajstić information content (AvgIpc) is 2.75. The van der Waals surface area contributed by atoms with Crippen molar-refractivity contribution in [1.82, 2.24) is 14.5 Å². The van der Waals surface area contributed by atoms with Gasteiger partial charge in [-0.05, 0) is 37.6 Å². The van der Waals surface area contributed by atoms with Gasteiger partial charge in [0.1, 0.15) is 6.54 Å². The van der Waals surface area contributed by atoms with Crippen molar-refractivity contribution in [3.8, 4) is 0 Å². The van der Waals surface area contributed by atoms with Crippen molar-refractivity contribution < 1.29 is 4.79 Å². The van der Waals surface area contributed by atoms with Gasteiger partial charge in [-0.3, -0.25) is 18.7 Å². The maximum absolute atomic E-state index is 12.7. The van der Waals surface area contributed by atoms with Crippen LogP contribution in [0.25, 0.3) is 10.9 Å². The van der Waals surface area contributed by atoms with Crippen LogP contribution in [0, 0.1) is 0 Å². The van der Waals surface area contributed by atoms with Gasteiger partial charge < -0.3 is 10.2 Å². The van der Waals surface area contributed by atoms with E-state index in [-0.39, 0.29) is 24.6 Å². The van der Waals surface area contributed by atoms with E-state index in [1.54, 1.807) is 31.2 Å². The number of carbonyl (C=O) groups excluding carboxylic acids is 1. The zero-order valence-corrected chi connectivity index (χ0v) is 16.8. The molecule has 0 aliphatic carbocycles. The van der Waals surface area contributed by atoms with E-state index >= 15 is 0 Å². The second-order valence-electron chi connectivity index (χ2n) is 6.90. The Morgan fingerprint density at radius 3 is 2.41 bits per heavy atom. The van der Waals surface area contributed by atoms with Gasteiger partial charge in [0.2, 0.25) is 5.91 Å². The molecule has 0 saturated heterocycles. The highest BCUT2D eigenvalue weighted by Gasteiger charge is 2.14. The Morgan fingerprint density at radius 2 is 1.69 bits per heavy atom. The molecule has 0 unspecified atom stereocenters. The summed E-state index contributed by atoms with van der Waals surface area (Å²) in [7, 11) is 2.01. The molecule has 0 aliphatic rings. The Bertz CT molecular complexity index is 1100. The van der Waals surface area contributed by atoms with Gasteiger partial charge in [-0.1, -0.05) is 30.3 Å². The maximum atomic E-state index is 12.7. The van der Waals surface area contributed by atoms with Gasteiger partial charge in [-0.2, -0.15) is 0 Å². The minimum Gasteiger partial charge on any atom is -0.375 e. The monoisotopic (exact) mass is 394 g/mol. The number of para-hydroxylation sites is 2. The van der Waals surface area contributed by atoms with E-state index in [9.17, 15) is 14.4 Å². The summed E-state index contributed by atoms with van der Waals surface area (Å²) in [5, 5.41) is 3.31. The quantitative estimate of drug-likeness (QED) is 0.592. The molecule has 1 amide bonds. The molecule has 0 radical (unpaired) electrons. The lowest BCUT2D eigenvalue weighted by Gasteiger charge is -2.19. The fraction of sp³-hybridized carbons (Fsp3) is 0.318. The number of nitrogens with one attached hydrogen (secondary N) is 1. The second-order valence-corrected chi connectivity index (χ2v) is 6.90. The SMILES string of the molecule is CCn1c(=O)c2ccccc2n(CC(=O)NCCCN(C)c2ccccc2)c1=O. The lowest BCUT2D eigenvalue weighted by molar-refractivity contribution is -0.121. The van der Waals surface area contributed by atoms with Gasteiger partial charge in [-0.25, -0.2) is 4.79 Å². The van der Waals surface area contributed by atoms with Crippen LogP contribution in [0.15, 0.2) is 64.2 Å². The summed E-state index contributed by atoms with van der Waals surface area (Å²) in [4.78, 5) is 39.7. The van der Waals surface area contributed by atoms with Crippen molar-refractivity contribution >= 4 is 22.5 Å². The molecule has 3 rings (SSSR count). The summed E-state index contributed by atoms with van der Waals surface area (Å²) in [6, 6.07) is 16.9. The van der Waals surface area contributed by atoms with Crippen LogP contribution in [0.1, 0.15) is 13.3 Å². The summed E-state index contributed by atoms with van der Waals surface area (Å²) in [5.74, 6) is -0.249. The highest BCUT2D eigenvalue weighted by Crippen LogP contribution is 2.11. The van der Waals surface area contributed by atoms with Gasteiger partial charge in [0.15, 0.2) is 0 Å². The number of hydrogen-bond donors (Lipinski definition) is 1. The number of amides is 1. The van der Waals surface area contributed by atoms with Crippen LogP contribution >= 0.6 is 0 Å². The number of carbonyl (C=O) groups is 1. The molecule has 3 aromatic rings. The molecule has 0 aliphatic heterocycles. The van der Waals surface area contributed by atoms with Crippen LogP contribution in [0.4, 0.5) is 5.69 Å². The number of fused-ring (bicyclic) bond motifs is 1. The first-order valence-electron chi connectivity index (χ1n) is 9.78. The Hall–Kier alpha value is -3.35. The highest BCUT2D eigenvalue weighted by molar-refractivity contribution is 5.81. The third-order valence-electron chi connectivity index (χ3n) is 4.94. The van der Waals surface area contributed by atoms with Crippen molar-refractivity contribution in [2.45, 2.75) is 26.4 Å². The predicted octanol–water partition coefficient (Wildman–Crippen LogP) is 1.83. The lowest BCUT2D eigenvalue weighted by atomic mass is 10.2. The van der Waals surface area contributed by atoms with Crippen molar-refractivity contribution in [3.63, 3.8) is 0 Å². The molecule has 0 fully saturated rings. The van der Waals surface area contributed by atoms with E-state index in [0.717, 1.165) is 23.2 Å². The molecule has 29 heavy (non-hydrogen) atoms. The molecule has 0 spiro atoms. The van der Waals surface area contributed by atoms with Crippen molar-refractivity contribution in [2.24, 2.45) is 0 Å². The fourth-order valence-electron chi connectivity index (χ4n) is 3.36. The molecule has 1 heterocycles. The summed E-state index contributed by atoms with van der Waals surface area (Å²) in [6.45, 7) is 3.19. The van der Waals surface area contributed by atoms with Crippen molar-refractivity contribution in [1.29, 1.82) is 0 Å². The highest BCUT2D eigenvalue weighted by atomic mass is 16.2. The van der Waals surface area contributed by atoms with E-state index in [2.05, 4.69) is 10.2 Å². The van der Waals surface area contributed by atoms with Crippen LogP contribution in [-0.4, -0.2) is 35.2 Å². The first-order chi connectivity index (χ1) is 14.0. The summed E-state index contributed by atoms with van der Waals surface area (Å²) in [6.07, 6.45) is 0.779. The van der Waals surface area contributed by atoms with Crippen molar-refractivity contribution in [2.75, 3.05) is 25.0 Å². The minimum atomic E-state index is -0.463. The van der Waals surface area contributed by atoms with Gasteiger partial charge in [0.05, 0.1) is 10.9 Å². The molecule has 2 aromatic carbocycles. The summed E-state index contributed by atoms with van der Waals surface area (Å²) >= 11 is 0. The normalized spacial score (nSPS) is 10.8.